The fourth-order valence-corrected chi connectivity index (χ4v) is 5.57. The van der Waals surface area contributed by atoms with Gasteiger partial charge in [-0.3, -0.25) is 9.36 Å². The summed E-state index contributed by atoms with van der Waals surface area (Å²) >= 11 is 12.6. The van der Waals surface area contributed by atoms with E-state index in [9.17, 15) is 9.18 Å². The number of rotatable bonds is 6. The monoisotopic (exact) mass is 535 g/mol. The summed E-state index contributed by atoms with van der Waals surface area (Å²) in [4.78, 5) is 25.8. The van der Waals surface area contributed by atoms with Gasteiger partial charge in [-0.15, -0.1) is 0 Å². The van der Waals surface area contributed by atoms with Crippen molar-refractivity contribution in [2.75, 3.05) is 23.8 Å². The number of anilines is 3. The smallest absolute Gasteiger partial charge is 0.224 e. The Balaban J connectivity index is 1.51. The van der Waals surface area contributed by atoms with Crippen molar-refractivity contribution < 1.29 is 13.9 Å². The number of halogens is 3. The number of hydrogen-bond acceptors (Lipinski definition) is 7. The first kappa shape index (κ1) is 25.0. The number of nitrogens with one attached hydrogen (secondary N) is 2. The van der Waals surface area contributed by atoms with Crippen LogP contribution in [0.4, 0.5) is 22.0 Å². The van der Waals surface area contributed by atoms with E-state index in [0.29, 0.717) is 48.2 Å². The Labute approximate surface area is 217 Å². The second-order valence-corrected chi connectivity index (χ2v) is 10.2. The predicted molar refractivity (Wildman–Crippen MR) is 137 cm³/mol. The molecule has 2 aromatic heterocycles. The minimum absolute atomic E-state index is 0.0140. The molecule has 1 aliphatic carbocycles. The molecule has 4 N–H and O–H groups in total. The number of carbonyl (C=O) groups excluding carboxylic acids is 1. The van der Waals surface area contributed by atoms with Gasteiger partial charge in [-0.2, -0.15) is 4.98 Å². The number of benzene rings is 1. The van der Waals surface area contributed by atoms with Crippen LogP contribution in [0.25, 0.3) is 11.2 Å². The normalized spacial score (nSPS) is 22.8. The van der Waals surface area contributed by atoms with Crippen molar-refractivity contribution in [2.24, 2.45) is 11.7 Å². The molecule has 5 rings (SSSR count). The van der Waals surface area contributed by atoms with E-state index in [0.717, 1.165) is 38.7 Å². The van der Waals surface area contributed by atoms with Crippen molar-refractivity contribution in [3.8, 4) is 0 Å². The van der Waals surface area contributed by atoms with E-state index in [2.05, 4.69) is 15.6 Å². The molecule has 1 amide bonds. The van der Waals surface area contributed by atoms with Crippen LogP contribution in [-0.2, 0) is 9.53 Å². The van der Waals surface area contributed by atoms with Crippen LogP contribution in [0.3, 0.4) is 0 Å². The highest BCUT2D eigenvalue weighted by molar-refractivity contribution is 6.39. The molecule has 2 aliphatic rings. The Morgan fingerprint density at radius 3 is 2.56 bits per heavy atom. The van der Waals surface area contributed by atoms with Crippen LogP contribution < -0.4 is 16.4 Å². The molecule has 192 valence electrons. The highest BCUT2D eigenvalue weighted by Gasteiger charge is 2.29. The van der Waals surface area contributed by atoms with E-state index < -0.39 is 5.82 Å². The summed E-state index contributed by atoms with van der Waals surface area (Å²) in [6.45, 7) is 1.47. The summed E-state index contributed by atoms with van der Waals surface area (Å²) in [6.07, 6.45) is 7.33. The third kappa shape index (κ3) is 5.35. The number of carbonyl (C=O) groups is 1. The lowest BCUT2D eigenvalue weighted by Crippen LogP contribution is -2.29. The zero-order valence-electron chi connectivity index (χ0n) is 19.6. The lowest BCUT2D eigenvalue weighted by atomic mass is 9.85. The number of ether oxygens (including phenoxy) is 1. The maximum Gasteiger partial charge on any atom is 0.224 e. The van der Waals surface area contributed by atoms with E-state index in [-0.39, 0.29) is 34.0 Å². The summed E-state index contributed by atoms with van der Waals surface area (Å²) in [5.74, 6) is 0.0495. The Morgan fingerprint density at radius 1 is 1.08 bits per heavy atom. The van der Waals surface area contributed by atoms with E-state index in [1.165, 1.54) is 12.1 Å². The van der Waals surface area contributed by atoms with Gasteiger partial charge in [0.25, 0.3) is 0 Å². The molecule has 1 aliphatic heterocycles. The van der Waals surface area contributed by atoms with Crippen LogP contribution in [0.15, 0.2) is 18.3 Å². The molecule has 36 heavy (non-hydrogen) atoms. The maximum absolute atomic E-state index is 13.8. The van der Waals surface area contributed by atoms with Crippen molar-refractivity contribution >= 4 is 57.9 Å². The Bertz CT molecular complexity index is 1230. The molecule has 1 saturated heterocycles. The minimum atomic E-state index is -0.528. The Morgan fingerprint density at radius 2 is 1.83 bits per heavy atom. The van der Waals surface area contributed by atoms with Gasteiger partial charge in [0.15, 0.2) is 5.65 Å². The van der Waals surface area contributed by atoms with Crippen LogP contribution in [-0.4, -0.2) is 44.7 Å². The van der Waals surface area contributed by atoms with Gasteiger partial charge in [0.1, 0.15) is 11.3 Å². The molecule has 2 fully saturated rings. The molecule has 1 atom stereocenters. The second-order valence-electron chi connectivity index (χ2n) is 9.37. The predicted octanol–water partition coefficient (Wildman–Crippen LogP) is 5.21. The number of imidazole rings is 1. The van der Waals surface area contributed by atoms with Gasteiger partial charge in [0, 0.05) is 31.2 Å². The van der Waals surface area contributed by atoms with Gasteiger partial charge in [0.2, 0.25) is 17.8 Å². The first-order valence-electron chi connectivity index (χ1n) is 12.2. The fraction of sp³-hybridized carbons (Fsp3) is 0.500. The highest BCUT2D eigenvalue weighted by Crippen LogP contribution is 2.39. The molecule has 3 aromatic rings. The summed E-state index contributed by atoms with van der Waals surface area (Å²) in [7, 11) is 0. The van der Waals surface area contributed by atoms with Crippen molar-refractivity contribution in [3.63, 3.8) is 0 Å². The van der Waals surface area contributed by atoms with Crippen LogP contribution in [0.1, 0.15) is 51.0 Å². The molecule has 1 aromatic carbocycles. The summed E-state index contributed by atoms with van der Waals surface area (Å²) in [6, 6.07) is 2.62. The second kappa shape index (κ2) is 10.7. The number of hydrogen-bond donors (Lipinski definition) is 3. The number of amides is 1. The zero-order chi connectivity index (χ0) is 25.2. The van der Waals surface area contributed by atoms with E-state index >= 15 is 0 Å². The number of aromatic nitrogens is 4. The van der Waals surface area contributed by atoms with Crippen LogP contribution >= 0.6 is 23.2 Å². The molecule has 1 saturated carbocycles. The number of nitrogens with zero attached hydrogens (tertiary/aromatic N) is 4. The molecule has 1 unspecified atom stereocenters. The van der Waals surface area contributed by atoms with Gasteiger partial charge in [-0.25, -0.2) is 14.4 Å². The largest absolute Gasteiger partial charge is 0.381 e. The van der Waals surface area contributed by atoms with Gasteiger partial charge in [-0.1, -0.05) is 23.2 Å². The molecular formula is C24H28Cl2FN7O2. The van der Waals surface area contributed by atoms with Gasteiger partial charge >= 0.3 is 0 Å². The number of fused-ring (bicyclic) bond motifs is 1. The Hall–Kier alpha value is -2.69. The van der Waals surface area contributed by atoms with Crippen LogP contribution in [0, 0.1) is 11.7 Å². The third-order valence-corrected chi connectivity index (χ3v) is 7.52. The molecular weight excluding hydrogens is 508 g/mol. The van der Waals surface area contributed by atoms with Crippen molar-refractivity contribution in [2.45, 2.75) is 57.0 Å². The van der Waals surface area contributed by atoms with E-state index in [1.807, 2.05) is 4.57 Å². The molecule has 12 heteroatoms. The van der Waals surface area contributed by atoms with Crippen molar-refractivity contribution in [3.05, 3.63) is 34.2 Å². The zero-order valence-corrected chi connectivity index (χ0v) is 21.2. The first-order valence-corrected chi connectivity index (χ1v) is 12.9. The average Bonchev–Trinajstić information content (AvgIpc) is 2.99. The summed E-state index contributed by atoms with van der Waals surface area (Å²) in [5, 5.41) is 6.91. The summed E-state index contributed by atoms with van der Waals surface area (Å²) < 4.78 is 21.3. The van der Waals surface area contributed by atoms with E-state index in [1.54, 1.807) is 6.20 Å². The van der Waals surface area contributed by atoms with Gasteiger partial charge in [0.05, 0.1) is 21.9 Å². The van der Waals surface area contributed by atoms with Crippen molar-refractivity contribution in [1.29, 1.82) is 0 Å². The molecule has 9 nitrogen and oxygen atoms in total. The minimum Gasteiger partial charge on any atom is -0.381 e. The maximum atomic E-state index is 13.8. The molecule has 0 radical (unpaired) electrons. The number of primary amides is 1. The highest BCUT2D eigenvalue weighted by atomic mass is 35.5. The standard InChI is InChI=1S/C24H28Cl2FN7O2/c25-17-10-14(27)11-18(26)20(17)32-24-31-19-12-29-23(30-15-2-1-8-36-9-7-15)33-22(19)34(24)16-5-3-13(4-6-16)21(28)35/h10-13,15-16H,1-9H2,(H2,28,35)(H,31,32)(H,29,30,33)/t13-,15?,16-. The molecule has 3 heterocycles. The van der Waals surface area contributed by atoms with Crippen LogP contribution in [0.5, 0.6) is 0 Å². The summed E-state index contributed by atoms with van der Waals surface area (Å²) in [5.41, 5.74) is 7.15. The quantitative estimate of drug-likeness (QED) is 0.396. The fourth-order valence-electron chi connectivity index (χ4n) is 5.02. The van der Waals surface area contributed by atoms with Gasteiger partial charge in [-0.05, 0) is 57.1 Å². The SMILES string of the molecule is NC(=O)[C@H]1CC[C@H](n2c(Nc3c(Cl)cc(F)cc3Cl)nc3cnc(NC4CCCOCC4)nc32)CC1. The van der Waals surface area contributed by atoms with Crippen molar-refractivity contribution in [1.82, 2.24) is 19.5 Å². The topological polar surface area (TPSA) is 120 Å². The molecule has 0 spiro atoms. The van der Waals surface area contributed by atoms with Crippen LogP contribution in [0.2, 0.25) is 10.0 Å². The lowest BCUT2D eigenvalue weighted by molar-refractivity contribution is -0.122. The molecule has 0 bridgehead atoms. The Kier molecular flexibility index (Phi) is 7.45. The first-order chi connectivity index (χ1) is 17.4. The van der Waals surface area contributed by atoms with Gasteiger partial charge < -0.3 is 21.1 Å². The lowest BCUT2D eigenvalue weighted by Gasteiger charge is -2.29. The third-order valence-electron chi connectivity index (χ3n) is 6.93. The van der Waals surface area contributed by atoms with E-state index in [4.69, 9.17) is 43.6 Å². The number of nitrogens with two attached hydrogens (primary N) is 1. The average molecular weight is 536 g/mol.